The molecule has 0 aromatic carbocycles. The molecule has 0 aromatic heterocycles. The van der Waals surface area contributed by atoms with Crippen LogP contribution >= 0.6 is 0 Å². The molecular formula is C11H19N3O5. The van der Waals surface area contributed by atoms with Crippen molar-refractivity contribution < 1.29 is 24.2 Å². The summed E-state index contributed by atoms with van der Waals surface area (Å²) in [4.78, 5) is 33.1. The predicted molar refractivity (Wildman–Crippen MR) is 65.4 cm³/mol. The largest absolute Gasteiger partial charge is 0.480 e. The Kier molecular flexibility index (Phi) is 6.07. The first-order valence-corrected chi connectivity index (χ1v) is 6.15. The normalized spacial score (nSPS) is 20.3. The quantitative estimate of drug-likeness (QED) is 0.502. The van der Waals surface area contributed by atoms with E-state index in [4.69, 9.17) is 15.6 Å². The van der Waals surface area contributed by atoms with Crippen molar-refractivity contribution in [1.29, 1.82) is 0 Å². The Morgan fingerprint density at radius 3 is 2.68 bits per heavy atom. The highest BCUT2D eigenvalue weighted by Gasteiger charge is 2.22. The van der Waals surface area contributed by atoms with Crippen molar-refractivity contribution >= 4 is 17.9 Å². The maximum atomic E-state index is 11.6. The van der Waals surface area contributed by atoms with Crippen molar-refractivity contribution in [3.8, 4) is 0 Å². The molecule has 5 N–H and O–H groups in total. The second kappa shape index (κ2) is 7.57. The summed E-state index contributed by atoms with van der Waals surface area (Å²) in [5, 5.41) is 13.9. The molecule has 0 aliphatic carbocycles. The summed E-state index contributed by atoms with van der Waals surface area (Å²) in [7, 11) is 0. The van der Waals surface area contributed by atoms with Crippen LogP contribution in [0.4, 0.5) is 4.79 Å². The smallest absolute Gasteiger partial charge is 0.326 e. The molecule has 0 aromatic rings. The minimum absolute atomic E-state index is 0.0285. The number of nitrogens with one attached hydrogen (secondary N) is 2. The molecule has 1 rings (SSSR count). The lowest BCUT2D eigenvalue weighted by molar-refractivity contribution is -0.139. The van der Waals surface area contributed by atoms with Gasteiger partial charge in [-0.2, -0.15) is 0 Å². The molecule has 0 bridgehead atoms. The lowest BCUT2D eigenvalue weighted by Crippen LogP contribution is -2.51. The van der Waals surface area contributed by atoms with E-state index in [0.717, 1.165) is 12.8 Å². The van der Waals surface area contributed by atoms with Crippen molar-refractivity contribution in [3.05, 3.63) is 0 Å². The molecule has 0 saturated carbocycles. The van der Waals surface area contributed by atoms with E-state index in [1.807, 2.05) is 0 Å². The van der Waals surface area contributed by atoms with Gasteiger partial charge in [-0.1, -0.05) is 0 Å². The molecule has 0 spiro atoms. The molecule has 8 heteroatoms. The number of nitrogens with two attached hydrogens (primary N) is 1. The second-order valence-electron chi connectivity index (χ2n) is 4.43. The van der Waals surface area contributed by atoms with E-state index >= 15 is 0 Å². The molecular weight excluding hydrogens is 254 g/mol. The van der Waals surface area contributed by atoms with E-state index in [2.05, 4.69) is 10.6 Å². The molecule has 0 radical (unpaired) electrons. The highest BCUT2D eigenvalue weighted by molar-refractivity contribution is 5.83. The van der Waals surface area contributed by atoms with Gasteiger partial charge in [0.05, 0.1) is 12.6 Å². The number of hydrogen-bond donors (Lipinski definition) is 4. The molecule has 2 atom stereocenters. The van der Waals surface area contributed by atoms with Crippen molar-refractivity contribution in [2.24, 2.45) is 5.73 Å². The van der Waals surface area contributed by atoms with Crippen molar-refractivity contribution in [2.45, 2.75) is 37.8 Å². The van der Waals surface area contributed by atoms with E-state index in [1.165, 1.54) is 0 Å². The number of amides is 3. The maximum Gasteiger partial charge on any atom is 0.326 e. The molecule has 1 fully saturated rings. The van der Waals surface area contributed by atoms with E-state index in [9.17, 15) is 14.4 Å². The van der Waals surface area contributed by atoms with Gasteiger partial charge in [0.25, 0.3) is 0 Å². The summed E-state index contributed by atoms with van der Waals surface area (Å²) in [5.41, 5.74) is 4.94. The number of primary amides is 1. The fourth-order valence-electron chi connectivity index (χ4n) is 1.78. The maximum absolute atomic E-state index is 11.6. The van der Waals surface area contributed by atoms with Gasteiger partial charge in [-0.3, -0.25) is 4.79 Å². The van der Waals surface area contributed by atoms with Crippen LogP contribution in [0.2, 0.25) is 0 Å². The predicted octanol–water partition coefficient (Wildman–Crippen LogP) is -0.817. The standard InChI is InChI=1S/C11H19N3O5/c12-9(15)4-3-8(10(16)17)14-11(18)13-7-2-1-5-19-6-7/h7-8H,1-6H2,(H2,12,15)(H,16,17)(H2,13,14,18). The van der Waals surface area contributed by atoms with Crippen LogP contribution in [0.1, 0.15) is 25.7 Å². The van der Waals surface area contributed by atoms with Crippen LogP contribution in [0.25, 0.3) is 0 Å². The molecule has 1 saturated heterocycles. The van der Waals surface area contributed by atoms with Crippen LogP contribution in [-0.2, 0) is 14.3 Å². The second-order valence-corrected chi connectivity index (χ2v) is 4.43. The highest BCUT2D eigenvalue weighted by Crippen LogP contribution is 2.05. The third-order valence-electron chi connectivity index (χ3n) is 2.78. The van der Waals surface area contributed by atoms with Crippen LogP contribution in [0.15, 0.2) is 0 Å². The minimum Gasteiger partial charge on any atom is -0.480 e. The Morgan fingerprint density at radius 1 is 1.42 bits per heavy atom. The average Bonchev–Trinajstić information content (AvgIpc) is 2.35. The SMILES string of the molecule is NC(=O)CCC(NC(=O)NC1CCCOC1)C(=O)O. The van der Waals surface area contributed by atoms with E-state index in [-0.39, 0.29) is 18.9 Å². The molecule has 1 aliphatic rings. The van der Waals surface area contributed by atoms with Gasteiger partial charge < -0.3 is 26.2 Å². The fraction of sp³-hybridized carbons (Fsp3) is 0.727. The number of hydrogen-bond acceptors (Lipinski definition) is 4. The molecule has 8 nitrogen and oxygen atoms in total. The molecule has 3 amide bonds. The Morgan fingerprint density at radius 2 is 2.16 bits per heavy atom. The minimum atomic E-state index is -1.20. The van der Waals surface area contributed by atoms with Gasteiger partial charge in [-0.05, 0) is 19.3 Å². The fourth-order valence-corrected chi connectivity index (χ4v) is 1.78. The summed E-state index contributed by atoms with van der Waals surface area (Å²) in [5.74, 6) is -1.80. The summed E-state index contributed by atoms with van der Waals surface area (Å²) >= 11 is 0. The average molecular weight is 273 g/mol. The van der Waals surface area contributed by atoms with Gasteiger partial charge in [0, 0.05) is 13.0 Å². The number of rotatable bonds is 6. The highest BCUT2D eigenvalue weighted by atomic mass is 16.5. The Bertz CT molecular complexity index is 341. The summed E-state index contributed by atoms with van der Waals surface area (Å²) < 4.78 is 5.19. The molecule has 2 unspecified atom stereocenters. The van der Waals surface area contributed by atoms with Gasteiger partial charge >= 0.3 is 12.0 Å². The van der Waals surface area contributed by atoms with Gasteiger partial charge in [0.1, 0.15) is 6.04 Å². The third-order valence-corrected chi connectivity index (χ3v) is 2.78. The van der Waals surface area contributed by atoms with Crippen LogP contribution in [0, 0.1) is 0 Å². The zero-order valence-corrected chi connectivity index (χ0v) is 10.6. The van der Waals surface area contributed by atoms with E-state index < -0.39 is 23.9 Å². The number of carbonyl (C=O) groups is 3. The number of aliphatic carboxylic acids is 1. The molecule has 1 aliphatic heterocycles. The van der Waals surface area contributed by atoms with Gasteiger partial charge in [-0.15, -0.1) is 0 Å². The van der Waals surface area contributed by atoms with Crippen LogP contribution in [0.3, 0.4) is 0 Å². The molecule has 1 heterocycles. The van der Waals surface area contributed by atoms with Crippen molar-refractivity contribution in [3.63, 3.8) is 0 Å². The third kappa shape index (κ3) is 6.05. The summed E-state index contributed by atoms with van der Waals surface area (Å²) in [6.45, 7) is 1.10. The summed E-state index contributed by atoms with van der Waals surface area (Å²) in [6.07, 6.45) is 1.53. The lowest BCUT2D eigenvalue weighted by Gasteiger charge is -2.24. The summed E-state index contributed by atoms with van der Waals surface area (Å²) in [6, 6.07) is -1.82. The Hall–Kier alpha value is -1.83. The van der Waals surface area contributed by atoms with Crippen molar-refractivity contribution in [2.75, 3.05) is 13.2 Å². The molecule has 19 heavy (non-hydrogen) atoms. The van der Waals surface area contributed by atoms with Gasteiger partial charge in [0.2, 0.25) is 5.91 Å². The number of urea groups is 1. The monoisotopic (exact) mass is 273 g/mol. The van der Waals surface area contributed by atoms with Gasteiger partial charge in [-0.25, -0.2) is 9.59 Å². The first kappa shape index (κ1) is 15.2. The van der Waals surface area contributed by atoms with Crippen LogP contribution in [-0.4, -0.2) is 48.3 Å². The number of ether oxygens (including phenoxy) is 1. The Labute approximate surface area is 110 Å². The van der Waals surface area contributed by atoms with E-state index in [0.29, 0.717) is 13.2 Å². The number of carboxylic acid groups (broad SMARTS) is 1. The lowest BCUT2D eigenvalue weighted by atomic mass is 10.1. The number of carboxylic acids is 1. The van der Waals surface area contributed by atoms with Crippen LogP contribution < -0.4 is 16.4 Å². The van der Waals surface area contributed by atoms with Crippen molar-refractivity contribution in [1.82, 2.24) is 10.6 Å². The van der Waals surface area contributed by atoms with E-state index in [1.54, 1.807) is 0 Å². The zero-order valence-electron chi connectivity index (χ0n) is 10.6. The van der Waals surface area contributed by atoms with Gasteiger partial charge in [0.15, 0.2) is 0 Å². The first-order chi connectivity index (χ1) is 8.99. The first-order valence-electron chi connectivity index (χ1n) is 6.15. The topological polar surface area (TPSA) is 131 Å². The number of carbonyl (C=O) groups excluding carboxylic acids is 2. The Balaban J connectivity index is 2.37. The molecule has 108 valence electrons. The zero-order chi connectivity index (χ0) is 14.3. The van der Waals surface area contributed by atoms with Crippen LogP contribution in [0.5, 0.6) is 0 Å².